The Balaban J connectivity index is 1.44. The summed E-state index contributed by atoms with van der Waals surface area (Å²) in [4.78, 5) is 0. The predicted octanol–water partition coefficient (Wildman–Crippen LogP) is 8.38. The van der Waals surface area contributed by atoms with Crippen LogP contribution >= 0.6 is 0 Å². The van der Waals surface area contributed by atoms with Crippen LogP contribution in [0, 0.1) is 17.6 Å². The van der Waals surface area contributed by atoms with Gasteiger partial charge in [0, 0.05) is 23.7 Å². The van der Waals surface area contributed by atoms with E-state index < -0.39 is 17.7 Å². The Morgan fingerprint density at radius 2 is 1.43 bits per heavy atom. The van der Waals surface area contributed by atoms with Gasteiger partial charge in [-0.2, -0.15) is 0 Å². The van der Waals surface area contributed by atoms with E-state index >= 15 is 0 Å². The first-order valence-electron chi connectivity index (χ1n) is 11.9. The van der Waals surface area contributed by atoms with E-state index in [0.29, 0.717) is 36.5 Å². The molecule has 0 saturated heterocycles. The molecular weight excluding hydrogens is 449 g/mol. The maximum absolute atomic E-state index is 15.0. The topological polar surface area (TPSA) is 18.5 Å². The molecule has 5 heteroatoms. The Labute approximate surface area is 204 Å². The summed E-state index contributed by atoms with van der Waals surface area (Å²) in [7, 11) is 0. The van der Waals surface area contributed by atoms with Crippen molar-refractivity contribution in [1.29, 1.82) is 0 Å². The van der Waals surface area contributed by atoms with Crippen molar-refractivity contribution in [2.75, 3.05) is 13.2 Å². The van der Waals surface area contributed by atoms with E-state index in [1.165, 1.54) is 0 Å². The van der Waals surface area contributed by atoms with Crippen LogP contribution in [0.2, 0.25) is 0 Å². The van der Waals surface area contributed by atoms with Crippen molar-refractivity contribution in [1.82, 2.24) is 0 Å². The van der Waals surface area contributed by atoms with Crippen molar-refractivity contribution in [3.8, 4) is 28.0 Å². The molecule has 3 aromatic carbocycles. The maximum atomic E-state index is 15.0. The second-order valence-corrected chi connectivity index (χ2v) is 8.58. The van der Waals surface area contributed by atoms with Gasteiger partial charge >= 0.3 is 0 Å². The van der Waals surface area contributed by atoms with E-state index in [0.717, 1.165) is 12.0 Å². The second-order valence-electron chi connectivity index (χ2n) is 8.58. The summed E-state index contributed by atoms with van der Waals surface area (Å²) in [5.41, 5.74) is 2.56. The molecule has 3 aromatic rings. The van der Waals surface area contributed by atoms with E-state index in [4.69, 9.17) is 9.47 Å². The van der Waals surface area contributed by atoms with Crippen LogP contribution < -0.4 is 4.74 Å². The number of hydrogen-bond acceptors (Lipinski definition) is 2. The summed E-state index contributed by atoms with van der Waals surface area (Å²) < 4.78 is 55.2. The molecule has 0 aliphatic heterocycles. The Hall–Kier alpha value is -3.31. The molecule has 2 nitrogen and oxygen atoms in total. The lowest BCUT2D eigenvalue weighted by atomic mass is 9.94. The quantitative estimate of drug-likeness (QED) is 0.324. The van der Waals surface area contributed by atoms with Crippen LogP contribution in [0.4, 0.5) is 13.2 Å². The number of benzene rings is 3. The van der Waals surface area contributed by atoms with E-state index in [1.54, 1.807) is 54.6 Å². The minimum absolute atomic E-state index is 0.0301. The highest BCUT2D eigenvalue weighted by molar-refractivity contribution is 5.72. The number of hydrogen-bond donors (Lipinski definition) is 0. The van der Waals surface area contributed by atoms with Gasteiger partial charge in [0.2, 0.25) is 0 Å². The fourth-order valence-electron chi connectivity index (χ4n) is 4.31. The lowest BCUT2D eigenvalue weighted by Crippen LogP contribution is -2.23. The van der Waals surface area contributed by atoms with Crippen LogP contribution in [0.15, 0.2) is 78.6 Å². The molecule has 4 rings (SSSR count). The first kappa shape index (κ1) is 24.8. The Morgan fingerprint density at radius 3 is 1.97 bits per heavy atom. The van der Waals surface area contributed by atoms with Crippen molar-refractivity contribution < 1.29 is 22.6 Å². The summed E-state index contributed by atoms with van der Waals surface area (Å²) in [5.74, 6) is -1.44. The number of ether oxygens (including phenoxy) is 2. The Morgan fingerprint density at radius 1 is 0.829 bits per heavy atom. The average Bonchev–Trinajstić information content (AvgIpc) is 2.87. The molecular formula is C30H29F3O2. The van der Waals surface area contributed by atoms with Crippen molar-refractivity contribution in [3.05, 3.63) is 95.8 Å². The molecule has 1 aliphatic rings. The number of halogens is 3. The molecule has 2 unspecified atom stereocenters. The first-order valence-corrected chi connectivity index (χ1v) is 11.9. The van der Waals surface area contributed by atoms with Crippen LogP contribution in [0.3, 0.4) is 0 Å². The van der Waals surface area contributed by atoms with Crippen molar-refractivity contribution in [3.63, 3.8) is 0 Å². The molecule has 0 N–H and O–H groups in total. The summed E-state index contributed by atoms with van der Waals surface area (Å²) >= 11 is 0. The highest BCUT2D eigenvalue weighted by Crippen LogP contribution is 2.33. The van der Waals surface area contributed by atoms with E-state index in [-0.39, 0.29) is 22.9 Å². The SMILES string of the molecule is C/C=C/c1ccc(-c2ccc(-c3ccc(OCC4C=C(F)C(OCC)CC4)cc3)c(F)c2F)cc1. The van der Waals surface area contributed by atoms with Gasteiger partial charge in [-0.3, -0.25) is 0 Å². The average molecular weight is 479 g/mol. The molecule has 0 fully saturated rings. The van der Waals surface area contributed by atoms with Gasteiger partial charge in [0.25, 0.3) is 0 Å². The molecule has 0 radical (unpaired) electrons. The minimum atomic E-state index is -0.889. The lowest BCUT2D eigenvalue weighted by molar-refractivity contribution is 0.0534. The van der Waals surface area contributed by atoms with E-state index in [1.807, 2.05) is 38.1 Å². The molecule has 1 aliphatic carbocycles. The normalized spacial score (nSPS) is 18.0. The van der Waals surface area contributed by atoms with Crippen LogP contribution in [-0.2, 0) is 4.74 Å². The third-order valence-electron chi connectivity index (χ3n) is 6.16. The standard InChI is InChI=1S/C30H29F3O2/c1-3-5-20-6-9-22(10-7-20)25-15-16-26(30(33)29(25)32)23-11-13-24(14-12-23)35-19-21-8-17-28(34-4-2)27(31)18-21/h3,5-7,9-16,18,21,28H,4,8,17,19H2,1-2H3/b5-3+. The van der Waals surface area contributed by atoms with Crippen molar-refractivity contribution in [2.45, 2.75) is 32.8 Å². The molecule has 0 aromatic heterocycles. The third-order valence-corrected chi connectivity index (χ3v) is 6.16. The number of rotatable bonds is 8. The van der Waals surface area contributed by atoms with Crippen LogP contribution in [0.1, 0.15) is 32.3 Å². The third kappa shape index (κ3) is 5.85. The minimum Gasteiger partial charge on any atom is -0.493 e. The molecule has 2 atom stereocenters. The molecule has 0 bridgehead atoms. The summed E-state index contributed by atoms with van der Waals surface area (Å²) in [5, 5.41) is 0. The zero-order valence-corrected chi connectivity index (χ0v) is 19.9. The summed E-state index contributed by atoms with van der Waals surface area (Å²) in [6.45, 7) is 4.60. The fraction of sp³-hybridized carbons (Fsp3) is 0.267. The number of allylic oxidation sites excluding steroid dienone is 1. The zero-order valence-electron chi connectivity index (χ0n) is 19.9. The molecule has 0 heterocycles. The second kappa shape index (κ2) is 11.4. The van der Waals surface area contributed by atoms with Gasteiger partial charge in [-0.25, -0.2) is 13.2 Å². The molecule has 0 saturated carbocycles. The predicted molar refractivity (Wildman–Crippen MR) is 135 cm³/mol. The van der Waals surface area contributed by atoms with Gasteiger partial charge in [0.1, 0.15) is 17.7 Å². The summed E-state index contributed by atoms with van der Waals surface area (Å²) in [6, 6.07) is 17.3. The van der Waals surface area contributed by atoms with Crippen molar-refractivity contribution >= 4 is 6.08 Å². The highest BCUT2D eigenvalue weighted by atomic mass is 19.2. The van der Waals surface area contributed by atoms with Gasteiger partial charge in [-0.05, 0) is 61.6 Å². The van der Waals surface area contributed by atoms with Crippen LogP contribution in [0.25, 0.3) is 28.3 Å². The van der Waals surface area contributed by atoms with Crippen LogP contribution in [-0.4, -0.2) is 19.3 Å². The van der Waals surface area contributed by atoms with Crippen molar-refractivity contribution in [2.24, 2.45) is 5.92 Å². The molecule has 182 valence electrons. The monoisotopic (exact) mass is 478 g/mol. The van der Waals surface area contributed by atoms with E-state index in [2.05, 4.69) is 0 Å². The fourth-order valence-corrected chi connectivity index (χ4v) is 4.31. The van der Waals surface area contributed by atoms with Gasteiger partial charge in [-0.1, -0.05) is 60.7 Å². The maximum Gasteiger partial charge on any atom is 0.167 e. The molecule has 35 heavy (non-hydrogen) atoms. The lowest BCUT2D eigenvalue weighted by Gasteiger charge is -2.24. The Bertz CT molecular complexity index is 1200. The van der Waals surface area contributed by atoms with E-state index in [9.17, 15) is 13.2 Å². The molecule has 0 spiro atoms. The largest absolute Gasteiger partial charge is 0.493 e. The highest BCUT2D eigenvalue weighted by Gasteiger charge is 2.24. The van der Waals surface area contributed by atoms with Gasteiger partial charge in [0.15, 0.2) is 11.6 Å². The summed E-state index contributed by atoms with van der Waals surface area (Å²) in [6.07, 6.45) is 6.40. The zero-order chi connectivity index (χ0) is 24.8. The Kier molecular flexibility index (Phi) is 8.09. The van der Waals surface area contributed by atoms with Gasteiger partial charge < -0.3 is 9.47 Å². The first-order chi connectivity index (χ1) is 17.0. The molecule has 0 amide bonds. The smallest absolute Gasteiger partial charge is 0.167 e. The van der Waals surface area contributed by atoms with Crippen LogP contribution in [0.5, 0.6) is 5.75 Å². The van der Waals surface area contributed by atoms with Gasteiger partial charge in [0.05, 0.1) is 6.61 Å². The van der Waals surface area contributed by atoms with Gasteiger partial charge in [-0.15, -0.1) is 0 Å².